The van der Waals surface area contributed by atoms with E-state index in [0.29, 0.717) is 59.1 Å². The smallest absolute Gasteiger partial charge is 0.261 e. The van der Waals surface area contributed by atoms with Gasteiger partial charge in [-0.3, -0.25) is 14.2 Å². The van der Waals surface area contributed by atoms with Crippen LogP contribution in [0.25, 0.3) is 10.9 Å². The predicted octanol–water partition coefficient (Wildman–Crippen LogP) is 5.30. The Kier molecular flexibility index (Phi) is 9.03. The van der Waals surface area contributed by atoms with Crippen molar-refractivity contribution in [2.75, 3.05) is 25.1 Å². The van der Waals surface area contributed by atoms with Crippen molar-refractivity contribution >= 4 is 40.2 Å². The van der Waals surface area contributed by atoms with Crippen LogP contribution in [-0.4, -0.2) is 45.5 Å². The summed E-state index contributed by atoms with van der Waals surface area (Å²) >= 11 is 7.88. The molecular formula is C29H31ClN4O2S. The maximum atomic E-state index is 13.9. The van der Waals surface area contributed by atoms with E-state index >= 15 is 0 Å². The quantitative estimate of drug-likeness (QED) is 0.298. The van der Waals surface area contributed by atoms with Crippen LogP contribution in [0.4, 0.5) is 0 Å². The first-order valence-corrected chi connectivity index (χ1v) is 14.0. The number of amides is 1. The highest BCUT2D eigenvalue weighted by molar-refractivity contribution is 7.98. The number of nitrogens with zero attached hydrogens (tertiary/aromatic N) is 3. The van der Waals surface area contributed by atoms with Gasteiger partial charge in [-0.25, -0.2) is 4.98 Å². The second kappa shape index (κ2) is 12.4. The number of hydrogen-bond acceptors (Lipinski definition) is 5. The summed E-state index contributed by atoms with van der Waals surface area (Å²) in [6.45, 7) is 3.22. The van der Waals surface area contributed by atoms with Gasteiger partial charge in [0.15, 0.2) is 0 Å². The minimum Gasteiger partial charge on any atom is -0.330 e. The molecule has 0 aliphatic heterocycles. The van der Waals surface area contributed by atoms with E-state index in [0.717, 1.165) is 11.1 Å². The molecule has 0 radical (unpaired) electrons. The first kappa shape index (κ1) is 26.9. The molecule has 37 heavy (non-hydrogen) atoms. The molecule has 0 saturated heterocycles. The van der Waals surface area contributed by atoms with E-state index in [1.54, 1.807) is 34.5 Å². The zero-order chi connectivity index (χ0) is 26.4. The number of rotatable bonds is 10. The van der Waals surface area contributed by atoms with Gasteiger partial charge in [-0.05, 0) is 62.0 Å². The van der Waals surface area contributed by atoms with Crippen molar-refractivity contribution < 1.29 is 4.79 Å². The largest absolute Gasteiger partial charge is 0.330 e. The van der Waals surface area contributed by atoms with Crippen LogP contribution in [0.2, 0.25) is 5.02 Å². The highest BCUT2D eigenvalue weighted by atomic mass is 35.5. The van der Waals surface area contributed by atoms with Crippen LogP contribution in [0.5, 0.6) is 0 Å². The molecule has 0 bridgehead atoms. The van der Waals surface area contributed by atoms with Crippen LogP contribution < -0.4 is 11.3 Å². The molecule has 8 heteroatoms. The fourth-order valence-corrected chi connectivity index (χ4v) is 5.18. The van der Waals surface area contributed by atoms with Crippen LogP contribution >= 0.6 is 23.4 Å². The van der Waals surface area contributed by atoms with Gasteiger partial charge in [0.25, 0.3) is 11.5 Å². The number of hydrogen-bond donors (Lipinski definition) is 1. The predicted molar refractivity (Wildman–Crippen MR) is 154 cm³/mol. The number of halogens is 1. The molecule has 1 heterocycles. The third-order valence-electron chi connectivity index (χ3n) is 6.29. The molecule has 0 aliphatic carbocycles. The first-order valence-electron chi connectivity index (χ1n) is 12.2. The summed E-state index contributed by atoms with van der Waals surface area (Å²) in [5, 5.41) is 0.994. The number of aromatic nitrogens is 2. The zero-order valence-electron chi connectivity index (χ0n) is 21.1. The van der Waals surface area contributed by atoms with E-state index in [9.17, 15) is 9.59 Å². The van der Waals surface area contributed by atoms with E-state index in [1.165, 1.54) is 0 Å². The lowest BCUT2D eigenvalue weighted by Gasteiger charge is -2.33. The van der Waals surface area contributed by atoms with Gasteiger partial charge < -0.3 is 10.6 Å². The van der Waals surface area contributed by atoms with E-state index in [1.807, 2.05) is 72.7 Å². The fourth-order valence-electron chi connectivity index (χ4n) is 4.37. The summed E-state index contributed by atoms with van der Waals surface area (Å²) in [5.74, 6) is 0.991. The minimum atomic E-state index is -0.449. The van der Waals surface area contributed by atoms with Crippen molar-refractivity contribution in [3.05, 3.63) is 111 Å². The lowest BCUT2D eigenvalue weighted by atomic mass is 10.1. The lowest BCUT2D eigenvalue weighted by molar-refractivity contribution is 0.0682. The van der Waals surface area contributed by atoms with Crippen LogP contribution in [0.15, 0.2) is 77.6 Å². The summed E-state index contributed by atoms with van der Waals surface area (Å²) in [6, 6.07) is 22.0. The topological polar surface area (TPSA) is 81.2 Å². The zero-order valence-corrected chi connectivity index (χ0v) is 22.6. The molecule has 2 N–H and O–H groups in total. The van der Waals surface area contributed by atoms with Gasteiger partial charge in [-0.15, -0.1) is 0 Å². The Morgan fingerprint density at radius 1 is 1.11 bits per heavy atom. The van der Waals surface area contributed by atoms with Crippen molar-refractivity contribution in [2.24, 2.45) is 5.73 Å². The summed E-state index contributed by atoms with van der Waals surface area (Å²) in [6.07, 6.45) is 2.62. The molecule has 4 aromatic rings. The fraction of sp³-hybridized carbons (Fsp3) is 0.276. The number of nitrogens with two attached hydrogens (primary N) is 1. The molecule has 0 fully saturated rings. The lowest BCUT2D eigenvalue weighted by Crippen LogP contribution is -2.41. The third-order valence-corrected chi connectivity index (χ3v) is 7.18. The van der Waals surface area contributed by atoms with Crippen LogP contribution in [0.3, 0.4) is 0 Å². The van der Waals surface area contributed by atoms with E-state index in [-0.39, 0.29) is 11.5 Å². The summed E-state index contributed by atoms with van der Waals surface area (Å²) < 4.78 is 1.70. The van der Waals surface area contributed by atoms with Crippen molar-refractivity contribution in [1.29, 1.82) is 0 Å². The van der Waals surface area contributed by atoms with Crippen molar-refractivity contribution in [2.45, 2.75) is 25.9 Å². The van der Waals surface area contributed by atoms with Gasteiger partial charge in [0, 0.05) is 22.9 Å². The molecule has 4 rings (SSSR count). The molecule has 0 aliphatic rings. The van der Waals surface area contributed by atoms with Crippen molar-refractivity contribution in [3.8, 4) is 0 Å². The number of fused-ring (bicyclic) bond motifs is 1. The second-order valence-corrected chi connectivity index (χ2v) is 10.3. The molecule has 1 unspecified atom stereocenters. The normalized spacial score (nSPS) is 12.0. The van der Waals surface area contributed by atoms with Gasteiger partial charge >= 0.3 is 0 Å². The molecule has 6 nitrogen and oxygen atoms in total. The molecule has 3 aromatic carbocycles. The number of carbonyl (C=O) groups excluding carboxylic acids is 1. The van der Waals surface area contributed by atoms with Crippen LogP contribution in [0.1, 0.15) is 39.8 Å². The maximum Gasteiger partial charge on any atom is 0.261 e. The first-order chi connectivity index (χ1) is 17.9. The molecule has 1 atom stereocenters. The Balaban J connectivity index is 1.91. The SMILES string of the molecule is CSCC(c1nc2cc(Cl)ccc2c(=O)n1Cc1ccccc1)N(CCCN)C(=O)c1ccc(C)cc1. The minimum absolute atomic E-state index is 0.112. The third kappa shape index (κ3) is 6.24. The Labute approximate surface area is 226 Å². The van der Waals surface area contributed by atoms with Crippen molar-refractivity contribution in [1.82, 2.24) is 14.5 Å². The van der Waals surface area contributed by atoms with E-state index < -0.39 is 6.04 Å². The van der Waals surface area contributed by atoms with Crippen LogP contribution in [-0.2, 0) is 6.54 Å². The molecule has 192 valence electrons. The highest BCUT2D eigenvalue weighted by Gasteiger charge is 2.30. The maximum absolute atomic E-state index is 13.9. The van der Waals surface area contributed by atoms with Gasteiger partial charge in [0.1, 0.15) is 5.82 Å². The average Bonchev–Trinajstić information content (AvgIpc) is 2.90. The van der Waals surface area contributed by atoms with Gasteiger partial charge in [0.2, 0.25) is 0 Å². The summed E-state index contributed by atoms with van der Waals surface area (Å²) in [5.41, 5.74) is 8.87. The Hall–Kier alpha value is -3.13. The number of benzene rings is 3. The van der Waals surface area contributed by atoms with Crippen LogP contribution in [0, 0.1) is 6.92 Å². The average molecular weight is 535 g/mol. The molecular weight excluding hydrogens is 504 g/mol. The monoisotopic (exact) mass is 534 g/mol. The highest BCUT2D eigenvalue weighted by Crippen LogP contribution is 2.27. The number of aryl methyl sites for hydroxylation is 1. The Morgan fingerprint density at radius 2 is 1.84 bits per heavy atom. The standard InChI is InChI=1S/C29H31ClN4O2S/c1-20-9-11-22(12-10-20)28(35)33(16-6-15-31)26(19-37-2)27-32-25-17-23(30)13-14-24(25)29(36)34(27)18-21-7-4-3-5-8-21/h3-5,7-14,17,26H,6,15-16,18-19,31H2,1-2H3. The summed E-state index contributed by atoms with van der Waals surface area (Å²) in [4.78, 5) is 34.5. The molecule has 1 amide bonds. The Bertz CT molecular complexity index is 1420. The van der Waals surface area contributed by atoms with Gasteiger partial charge in [0.05, 0.1) is 23.5 Å². The van der Waals surface area contributed by atoms with Crippen molar-refractivity contribution in [3.63, 3.8) is 0 Å². The molecule has 0 spiro atoms. The second-order valence-electron chi connectivity index (χ2n) is 8.99. The van der Waals surface area contributed by atoms with Gasteiger partial charge in [-0.2, -0.15) is 11.8 Å². The molecule has 0 saturated carbocycles. The number of carbonyl (C=O) groups is 1. The van der Waals surface area contributed by atoms with E-state index in [4.69, 9.17) is 22.3 Å². The van der Waals surface area contributed by atoms with Gasteiger partial charge in [-0.1, -0.05) is 59.6 Å². The number of thioether (sulfide) groups is 1. The summed E-state index contributed by atoms with van der Waals surface area (Å²) in [7, 11) is 0. The van der Waals surface area contributed by atoms with E-state index in [2.05, 4.69) is 0 Å². The Morgan fingerprint density at radius 3 is 2.51 bits per heavy atom. The molecule has 1 aromatic heterocycles.